The SMILES string of the molecule is CC(C)(C)C(=O)C12CC3CC(CC(C3)C1)C2. The van der Waals surface area contributed by atoms with Gasteiger partial charge in [-0.05, 0) is 56.3 Å². The second-order valence-corrected chi connectivity index (χ2v) is 7.78. The van der Waals surface area contributed by atoms with Crippen molar-refractivity contribution >= 4 is 5.78 Å². The van der Waals surface area contributed by atoms with Gasteiger partial charge in [0.15, 0.2) is 0 Å². The lowest BCUT2D eigenvalue weighted by Gasteiger charge is -2.57. The standard InChI is InChI=1S/C15H24O/c1-14(2,3)13(16)15-7-10-4-11(8-15)6-12(5-10)9-15/h10-12H,4-9H2,1-3H3. The van der Waals surface area contributed by atoms with Crippen molar-refractivity contribution in [3.8, 4) is 0 Å². The quantitative estimate of drug-likeness (QED) is 0.656. The molecule has 4 rings (SSSR count). The Balaban J connectivity index is 1.91. The van der Waals surface area contributed by atoms with E-state index >= 15 is 0 Å². The molecular weight excluding hydrogens is 196 g/mol. The van der Waals surface area contributed by atoms with E-state index in [9.17, 15) is 4.79 Å². The Kier molecular flexibility index (Phi) is 2.10. The van der Waals surface area contributed by atoms with Crippen molar-refractivity contribution in [1.82, 2.24) is 0 Å². The molecule has 1 nitrogen and oxygen atoms in total. The van der Waals surface area contributed by atoms with Crippen molar-refractivity contribution < 1.29 is 4.79 Å². The van der Waals surface area contributed by atoms with Gasteiger partial charge in [0.05, 0.1) is 0 Å². The molecule has 0 amide bonds. The zero-order valence-electron chi connectivity index (χ0n) is 10.9. The molecule has 16 heavy (non-hydrogen) atoms. The lowest BCUT2D eigenvalue weighted by Crippen LogP contribution is -2.52. The van der Waals surface area contributed by atoms with Gasteiger partial charge in [0.25, 0.3) is 0 Å². The van der Waals surface area contributed by atoms with Crippen LogP contribution in [0.5, 0.6) is 0 Å². The maximum absolute atomic E-state index is 12.7. The maximum Gasteiger partial charge on any atom is 0.144 e. The first-order chi connectivity index (χ1) is 7.39. The zero-order chi connectivity index (χ0) is 11.6. The van der Waals surface area contributed by atoms with E-state index < -0.39 is 0 Å². The Bertz CT molecular complexity index is 286. The van der Waals surface area contributed by atoms with Gasteiger partial charge in [0, 0.05) is 10.8 Å². The van der Waals surface area contributed by atoms with E-state index in [-0.39, 0.29) is 10.8 Å². The zero-order valence-corrected chi connectivity index (χ0v) is 10.9. The average Bonchev–Trinajstić information content (AvgIpc) is 2.12. The number of hydrogen-bond donors (Lipinski definition) is 0. The molecule has 0 aliphatic heterocycles. The van der Waals surface area contributed by atoms with Crippen LogP contribution in [0.4, 0.5) is 0 Å². The molecule has 4 aliphatic rings. The summed E-state index contributed by atoms with van der Waals surface area (Å²) in [5, 5.41) is 0. The normalized spacial score (nSPS) is 46.1. The van der Waals surface area contributed by atoms with Crippen molar-refractivity contribution in [2.45, 2.75) is 59.3 Å². The molecule has 0 aromatic carbocycles. The van der Waals surface area contributed by atoms with Gasteiger partial charge in [-0.1, -0.05) is 20.8 Å². The average molecular weight is 220 g/mol. The highest BCUT2D eigenvalue weighted by atomic mass is 16.1. The van der Waals surface area contributed by atoms with E-state index in [1.54, 1.807) is 0 Å². The molecule has 4 saturated carbocycles. The fraction of sp³-hybridized carbons (Fsp3) is 0.933. The molecule has 0 saturated heterocycles. The van der Waals surface area contributed by atoms with Gasteiger partial charge in [0.1, 0.15) is 5.78 Å². The van der Waals surface area contributed by atoms with Crippen LogP contribution in [0.1, 0.15) is 59.3 Å². The van der Waals surface area contributed by atoms with Gasteiger partial charge in [-0.3, -0.25) is 4.79 Å². The summed E-state index contributed by atoms with van der Waals surface area (Å²) in [6, 6.07) is 0. The molecular formula is C15H24O. The van der Waals surface area contributed by atoms with Crippen LogP contribution in [0.15, 0.2) is 0 Å². The summed E-state index contributed by atoms with van der Waals surface area (Å²) in [6.07, 6.45) is 7.93. The van der Waals surface area contributed by atoms with Crippen molar-refractivity contribution in [2.75, 3.05) is 0 Å². The predicted molar refractivity (Wildman–Crippen MR) is 65.1 cm³/mol. The van der Waals surface area contributed by atoms with Crippen molar-refractivity contribution in [1.29, 1.82) is 0 Å². The van der Waals surface area contributed by atoms with E-state index in [2.05, 4.69) is 20.8 Å². The predicted octanol–water partition coefficient (Wildman–Crippen LogP) is 3.82. The van der Waals surface area contributed by atoms with E-state index in [4.69, 9.17) is 0 Å². The van der Waals surface area contributed by atoms with Crippen LogP contribution >= 0.6 is 0 Å². The number of Topliss-reactive ketones (excluding diaryl/α,β-unsaturated/α-hetero) is 1. The van der Waals surface area contributed by atoms with Crippen LogP contribution in [0, 0.1) is 28.6 Å². The van der Waals surface area contributed by atoms with E-state index in [1.807, 2.05) is 0 Å². The molecule has 4 aliphatic carbocycles. The number of carbonyl (C=O) groups is 1. The third kappa shape index (κ3) is 1.47. The summed E-state index contributed by atoms with van der Waals surface area (Å²) in [5.41, 5.74) is -0.0291. The fourth-order valence-electron chi connectivity index (χ4n) is 5.18. The van der Waals surface area contributed by atoms with Gasteiger partial charge < -0.3 is 0 Å². The van der Waals surface area contributed by atoms with Gasteiger partial charge in [0.2, 0.25) is 0 Å². The Morgan fingerprint density at radius 1 is 0.938 bits per heavy atom. The van der Waals surface area contributed by atoms with Crippen molar-refractivity contribution in [3.63, 3.8) is 0 Å². The smallest absolute Gasteiger partial charge is 0.144 e. The number of rotatable bonds is 1. The molecule has 0 N–H and O–H groups in total. The Morgan fingerprint density at radius 3 is 1.62 bits per heavy atom. The molecule has 4 fully saturated rings. The van der Waals surface area contributed by atoms with Crippen LogP contribution in [0.2, 0.25) is 0 Å². The number of carbonyl (C=O) groups excluding carboxylic acids is 1. The third-order valence-corrected chi connectivity index (χ3v) is 5.20. The Hall–Kier alpha value is -0.330. The molecule has 0 atom stereocenters. The molecule has 0 unspecified atom stereocenters. The highest BCUT2D eigenvalue weighted by molar-refractivity contribution is 5.89. The highest BCUT2D eigenvalue weighted by Gasteiger charge is 2.56. The van der Waals surface area contributed by atoms with Gasteiger partial charge in [-0.2, -0.15) is 0 Å². The second-order valence-electron chi connectivity index (χ2n) is 7.78. The van der Waals surface area contributed by atoms with Crippen LogP contribution in [0.25, 0.3) is 0 Å². The number of ketones is 1. The first kappa shape index (κ1) is 10.8. The summed E-state index contributed by atoms with van der Waals surface area (Å²) < 4.78 is 0. The molecule has 0 aromatic heterocycles. The maximum atomic E-state index is 12.7. The lowest BCUT2D eigenvalue weighted by atomic mass is 9.47. The van der Waals surface area contributed by atoms with E-state index in [0.717, 1.165) is 17.8 Å². The van der Waals surface area contributed by atoms with E-state index in [1.165, 1.54) is 38.5 Å². The van der Waals surface area contributed by atoms with Crippen LogP contribution < -0.4 is 0 Å². The van der Waals surface area contributed by atoms with Crippen LogP contribution in [-0.4, -0.2) is 5.78 Å². The first-order valence-corrected chi connectivity index (χ1v) is 6.94. The number of hydrogen-bond acceptors (Lipinski definition) is 1. The molecule has 0 heterocycles. The second kappa shape index (κ2) is 3.11. The van der Waals surface area contributed by atoms with Gasteiger partial charge in [-0.15, -0.1) is 0 Å². The molecule has 1 heteroatoms. The fourth-order valence-corrected chi connectivity index (χ4v) is 5.18. The van der Waals surface area contributed by atoms with Crippen molar-refractivity contribution in [3.05, 3.63) is 0 Å². The Labute approximate surface area is 99.0 Å². The minimum atomic E-state index is -0.133. The van der Waals surface area contributed by atoms with E-state index in [0.29, 0.717) is 5.78 Å². The highest BCUT2D eigenvalue weighted by Crippen LogP contribution is 2.61. The largest absolute Gasteiger partial charge is 0.298 e. The summed E-state index contributed by atoms with van der Waals surface area (Å²) in [5.74, 6) is 3.23. The van der Waals surface area contributed by atoms with Crippen LogP contribution in [0.3, 0.4) is 0 Å². The summed E-state index contributed by atoms with van der Waals surface area (Å²) >= 11 is 0. The first-order valence-electron chi connectivity index (χ1n) is 6.94. The minimum absolute atomic E-state index is 0.104. The molecule has 4 bridgehead atoms. The monoisotopic (exact) mass is 220 g/mol. The lowest BCUT2D eigenvalue weighted by molar-refractivity contribution is -0.152. The molecule has 0 spiro atoms. The molecule has 0 aromatic rings. The summed E-state index contributed by atoms with van der Waals surface area (Å²) in [6.45, 7) is 6.32. The topological polar surface area (TPSA) is 17.1 Å². The minimum Gasteiger partial charge on any atom is -0.298 e. The summed E-state index contributed by atoms with van der Waals surface area (Å²) in [4.78, 5) is 12.7. The van der Waals surface area contributed by atoms with Crippen LogP contribution in [-0.2, 0) is 4.79 Å². The van der Waals surface area contributed by atoms with Gasteiger partial charge >= 0.3 is 0 Å². The summed E-state index contributed by atoms with van der Waals surface area (Å²) in [7, 11) is 0. The molecule has 90 valence electrons. The third-order valence-electron chi connectivity index (χ3n) is 5.20. The molecule has 0 radical (unpaired) electrons. The Morgan fingerprint density at radius 2 is 1.31 bits per heavy atom. The van der Waals surface area contributed by atoms with Gasteiger partial charge in [-0.25, -0.2) is 0 Å². The van der Waals surface area contributed by atoms with Crippen molar-refractivity contribution in [2.24, 2.45) is 28.6 Å².